The molecule has 2 aromatic rings. The molecule has 1 aromatic carbocycles. The van der Waals surface area contributed by atoms with E-state index >= 15 is 0 Å². The van der Waals surface area contributed by atoms with Gasteiger partial charge in [0, 0.05) is 17.0 Å². The van der Waals surface area contributed by atoms with Crippen molar-refractivity contribution in [2.75, 3.05) is 6.54 Å². The van der Waals surface area contributed by atoms with E-state index in [1.165, 1.54) is 11.3 Å². The average molecular weight is 275 g/mol. The summed E-state index contributed by atoms with van der Waals surface area (Å²) in [5.41, 5.74) is 2.79. The Morgan fingerprint density at radius 2 is 1.95 bits per heavy atom. The number of aliphatic hydroxyl groups excluding tert-OH is 1. The smallest absolute Gasteiger partial charge is 0.251 e. The minimum Gasteiger partial charge on any atom is -0.386 e. The van der Waals surface area contributed by atoms with E-state index < -0.39 is 6.10 Å². The van der Waals surface area contributed by atoms with Crippen LogP contribution in [0.25, 0.3) is 0 Å². The number of carbonyl (C=O) groups is 1. The van der Waals surface area contributed by atoms with Crippen molar-refractivity contribution in [3.63, 3.8) is 0 Å². The van der Waals surface area contributed by atoms with Crippen LogP contribution in [0.5, 0.6) is 0 Å². The first-order chi connectivity index (χ1) is 9.08. The molecule has 100 valence electrons. The largest absolute Gasteiger partial charge is 0.386 e. The highest BCUT2D eigenvalue weighted by Crippen LogP contribution is 2.23. The second-order valence-electron chi connectivity index (χ2n) is 4.56. The fourth-order valence-electron chi connectivity index (χ4n) is 1.81. The lowest BCUT2D eigenvalue weighted by atomic mass is 10.1. The summed E-state index contributed by atoms with van der Waals surface area (Å²) >= 11 is 1.51. The number of rotatable bonds is 4. The highest BCUT2D eigenvalue weighted by molar-refractivity contribution is 7.10. The van der Waals surface area contributed by atoms with Crippen LogP contribution in [0, 0.1) is 13.8 Å². The van der Waals surface area contributed by atoms with Crippen LogP contribution < -0.4 is 5.32 Å². The number of carbonyl (C=O) groups excluding carboxylic acids is 1. The lowest BCUT2D eigenvalue weighted by Gasteiger charge is -2.11. The minimum atomic E-state index is -0.644. The van der Waals surface area contributed by atoms with Gasteiger partial charge in [0.15, 0.2) is 0 Å². The molecule has 0 saturated carbocycles. The number of nitrogens with one attached hydrogen (secondary N) is 1. The molecule has 0 bridgehead atoms. The third-order valence-electron chi connectivity index (χ3n) is 2.97. The molecule has 1 amide bonds. The molecule has 1 unspecified atom stereocenters. The molecule has 3 nitrogen and oxygen atoms in total. The van der Waals surface area contributed by atoms with Crippen LogP contribution in [-0.4, -0.2) is 17.6 Å². The Morgan fingerprint density at radius 3 is 2.53 bits per heavy atom. The van der Waals surface area contributed by atoms with E-state index in [4.69, 9.17) is 0 Å². The van der Waals surface area contributed by atoms with Gasteiger partial charge >= 0.3 is 0 Å². The Kier molecular flexibility index (Phi) is 4.35. The molecule has 2 rings (SSSR count). The molecule has 0 radical (unpaired) electrons. The van der Waals surface area contributed by atoms with Crippen LogP contribution in [0.15, 0.2) is 35.7 Å². The van der Waals surface area contributed by atoms with E-state index in [-0.39, 0.29) is 12.5 Å². The fraction of sp³-hybridized carbons (Fsp3) is 0.267. The maximum Gasteiger partial charge on any atom is 0.251 e. The number of hydrogen-bond acceptors (Lipinski definition) is 3. The van der Waals surface area contributed by atoms with Gasteiger partial charge in [0.25, 0.3) is 5.91 Å². The van der Waals surface area contributed by atoms with Crippen LogP contribution >= 0.6 is 11.3 Å². The summed E-state index contributed by atoms with van der Waals surface area (Å²) in [6.07, 6.45) is -0.644. The number of aliphatic hydroxyl groups is 1. The first kappa shape index (κ1) is 13.8. The van der Waals surface area contributed by atoms with E-state index in [1.54, 1.807) is 12.1 Å². The molecular formula is C15H17NO2S. The predicted octanol–water partition coefficient (Wildman–Crippen LogP) is 2.83. The van der Waals surface area contributed by atoms with Crippen molar-refractivity contribution >= 4 is 17.2 Å². The molecule has 4 heteroatoms. The van der Waals surface area contributed by atoms with Crippen molar-refractivity contribution in [2.45, 2.75) is 20.0 Å². The van der Waals surface area contributed by atoms with Gasteiger partial charge in [-0.05, 0) is 43.0 Å². The van der Waals surface area contributed by atoms with Crippen LogP contribution in [0.1, 0.15) is 32.5 Å². The summed E-state index contributed by atoms with van der Waals surface area (Å²) in [5.74, 6) is -0.159. The van der Waals surface area contributed by atoms with Gasteiger partial charge in [-0.25, -0.2) is 0 Å². The highest BCUT2D eigenvalue weighted by atomic mass is 32.1. The summed E-state index contributed by atoms with van der Waals surface area (Å²) in [4.78, 5) is 12.8. The van der Waals surface area contributed by atoms with Gasteiger partial charge < -0.3 is 10.4 Å². The number of thiophene rings is 1. The summed E-state index contributed by atoms with van der Waals surface area (Å²) in [7, 11) is 0. The first-order valence-electron chi connectivity index (χ1n) is 6.15. The maximum absolute atomic E-state index is 11.9. The summed E-state index contributed by atoms with van der Waals surface area (Å²) < 4.78 is 0. The van der Waals surface area contributed by atoms with Crippen LogP contribution in [-0.2, 0) is 0 Å². The second kappa shape index (κ2) is 5.99. The first-order valence-corrected chi connectivity index (χ1v) is 7.03. The third kappa shape index (κ3) is 3.43. The maximum atomic E-state index is 11.9. The number of benzene rings is 1. The molecule has 1 aromatic heterocycles. The Labute approximate surface area is 116 Å². The van der Waals surface area contributed by atoms with E-state index in [9.17, 15) is 9.90 Å². The molecule has 19 heavy (non-hydrogen) atoms. The zero-order chi connectivity index (χ0) is 13.8. The van der Waals surface area contributed by atoms with E-state index in [0.29, 0.717) is 5.56 Å². The molecule has 0 saturated heterocycles. The van der Waals surface area contributed by atoms with Crippen LogP contribution in [0.2, 0.25) is 0 Å². The molecule has 0 aliphatic rings. The quantitative estimate of drug-likeness (QED) is 0.901. The Morgan fingerprint density at radius 1 is 1.26 bits per heavy atom. The van der Waals surface area contributed by atoms with E-state index in [2.05, 4.69) is 5.32 Å². The lowest BCUT2D eigenvalue weighted by Crippen LogP contribution is -2.28. The number of amides is 1. The molecule has 2 N–H and O–H groups in total. The standard InChI is InChI=1S/C15H17NO2S/c1-10-3-5-12(6-4-10)15(18)16-9-13(17)14-11(2)7-8-19-14/h3-8,13,17H,9H2,1-2H3,(H,16,18). The topological polar surface area (TPSA) is 49.3 Å². The normalized spacial score (nSPS) is 12.2. The second-order valence-corrected chi connectivity index (χ2v) is 5.51. The molecule has 1 atom stereocenters. The van der Waals surface area contributed by atoms with Gasteiger partial charge in [0.1, 0.15) is 6.10 Å². The van der Waals surface area contributed by atoms with Gasteiger partial charge in [0.2, 0.25) is 0 Å². The monoisotopic (exact) mass is 275 g/mol. The molecular weight excluding hydrogens is 258 g/mol. The zero-order valence-corrected chi connectivity index (χ0v) is 11.8. The van der Waals surface area contributed by atoms with Crippen molar-refractivity contribution in [3.05, 3.63) is 57.3 Å². The van der Waals surface area contributed by atoms with Crippen LogP contribution in [0.3, 0.4) is 0 Å². The van der Waals surface area contributed by atoms with Crippen molar-refractivity contribution < 1.29 is 9.90 Å². The molecule has 1 heterocycles. The molecule has 0 aliphatic heterocycles. The van der Waals surface area contributed by atoms with Gasteiger partial charge in [0.05, 0.1) is 0 Å². The third-order valence-corrected chi connectivity index (χ3v) is 4.09. The van der Waals surface area contributed by atoms with Crippen molar-refractivity contribution in [3.8, 4) is 0 Å². The number of hydrogen-bond donors (Lipinski definition) is 2. The fourth-order valence-corrected chi connectivity index (χ4v) is 2.73. The van der Waals surface area contributed by atoms with Gasteiger partial charge in [-0.15, -0.1) is 11.3 Å². The summed E-state index contributed by atoms with van der Waals surface area (Å²) in [5, 5.41) is 14.7. The van der Waals surface area contributed by atoms with Crippen molar-refractivity contribution in [1.29, 1.82) is 0 Å². The molecule has 0 aliphatic carbocycles. The number of aryl methyl sites for hydroxylation is 2. The Hall–Kier alpha value is -1.65. The molecule has 0 fully saturated rings. The van der Waals surface area contributed by atoms with Crippen molar-refractivity contribution in [1.82, 2.24) is 5.32 Å². The van der Waals surface area contributed by atoms with Crippen molar-refractivity contribution in [2.24, 2.45) is 0 Å². The Bertz CT molecular complexity index is 560. The van der Waals surface area contributed by atoms with E-state index in [1.807, 2.05) is 37.4 Å². The van der Waals surface area contributed by atoms with Gasteiger partial charge in [-0.1, -0.05) is 17.7 Å². The average Bonchev–Trinajstić information content (AvgIpc) is 2.83. The lowest BCUT2D eigenvalue weighted by molar-refractivity contribution is 0.0917. The highest BCUT2D eigenvalue weighted by Gasteiger charge is 2.13. The SMILES string of the molecule is Cc1ccc(C(=O)NCC(O)c2sccc2C)cc1. The summed E-state index contributed by atoms with van der Waals surface area (Å²) in [6.45, 7) is 4.16. The zero-order valence-electron chi connectivity index (χ0n) is 11.0. The predicted molar refractivity (Wildman–Crippen MR) is 77.5 cm³/mol. The minimum absolute atomic E-state index is 0.159. The Balaban J connectivity index is 1.94. The van der Waals surface area contributed by atoms with E-state index in [0.717, 1.165) is 16.0 Å². The van der Waals surface area contributed by atoms with Gasteiger partial charge in [-0.2, -0.15) is 0 Å². The van der Waals surface area contributed by atoms with Gasteiger partial charge in [-0.3, -0.25) is 4.79 Å². The summed E-state index contributed by atoms with van der Waals surface area (Å²) in [6, 6.07) is 9.33. The van der Waals surface area contributed by atoms with Crippen LogP contribution in [0.4, 0.5) is 0 Å². The molecule has 0 spiro atoms.